The molecule has 124 valence electrons. The number of rotatable bonds is 3. The van der Waals surface area contributed by atoms with Crippen molar-refractivity contribution in [2.45, 2.75) is 6.92 Å². The third-order valence-electron chi connectivity index (χ3n) is 3.91. The van der Waals surface area contributed by atoms with Gasteiger partial charge in [0.1, 0.15) is 5.82 Å². The van der Waals surface area contributed by atoms with E-state index in [1.807, 2.05) is 11.8 Å². The molecule has 3 aromatic rings. The van der Waals surface area contributed by atoms with Crippen molar-refractivity contribution in [1.29, 1.82) is 0 Å². The summed E-state index contributed by atoms with van der Waals surface area (Å²) in [5, 5.41) is 10.8. The van der Waals surface area contributed by atoms with Gasteiger partial charge in [-0.25, -0.2) is 4.39 Å². The zero-order valence-corrected chi connectivity index (χ0v) is 13.1. The molecule has 0 atom stereocenters. The van der Waals surface area contributed by atoms with Crippen molar-refractivity contribution in [3.05, 3.63) is 35.8 Å². The van der Waals surface area contributed by atoms with Crippen LogP contribution in [-0.4, -0.2) is 46.6 Å². The summed E-state index contributed by atoms with van der Waals surface area (Å²) in [5.41, 5.74) is 2.59. The van der Waals surface area contributed by atoms with Gasteiger partial charge < -0.3 is 14.2 Å². The van der Waals surface area contributed by atoms with Gasteiger partial charge in [0, 0.05) is 24.3 Å². The number of ether oxygens (including phenoxy) is 1. The number of morpholine rings is 1. The number of nitrogens with zero attached hydrogens (tertiary/aromatic N) is 4. The fraction of sp³-hybridized carbons (Fsp3) is 0.312. The molecule has 1 aromatic carbocycles. The molecule has 0 unspecified atom stereocenters. The van der Waals surface area contributed by atoms with E-state index < -0.39 is 0 Å². The summed E-state index contributed by atoms with van der Waals surface area (Å²) in [4.78, 5) is 6.26. The van der Waals surface area contributed by atoms with Crippen LogP contribution in [-0.2, 0) is 4.74 Å². The number of anilines is 1. The smallest absolute Gasteiger partial charge is 0.278 e. The van der Waals surface area contributed by atoms with Gasteiger partial charge in [0.2, 0.25) is 5.82 Å². The lowest BCUT2D eigenvalue weighted by Crippen LogP contribution is -2.36. The van der Waals surface area contributed by atoms with E-state index in [1.54, 1.807) is 18.2 Å². The van der Waals surface area contributed by atoms with Crippen molar-refractivity contribution in [2.75, 3.05) is 31.2 Å². The van der Waals surface area contributed by atoms with Gasteiger partial charge in [0.15, 0.2) is 5.69 Å². The maximum absolute atomic E-state index is 14.5. The van der Waals surface area contributed by atoms with Gasteiger partial charge in [0.25, 0.3) is 5.89 Å². The fourth-order valence-corrected chi connectivity index (χ4v) is 2.68. The number of aryl methyl sites for hydroxylation is 1. The van der Waals surface area contributed by atoms with Gasteiger partial charge in [-0.05, 0) is 31.2 Å². The molecule has 3 heterocycles. The van der Waals surface area contributed by atoms with Gasteiger partial charge in [-0.3, -0.25) is 5.10 Å². The number of H-pyrrole nitrogens is 1. The number of nitrogens with one attached hydrogen (secondary N) is 1. The molecule has 0 spiro atoms. The maximum Gasteiger partial charge on any atom is 0.278 e. The first-order chi connectivity index (χ1) is 11.7. The first-order valence-electron chi connectivity index (χ1n) is 7.69. The van der Waals surface area contributed by atoms with E-state index in [2.05, 4.69) is 20.3 Å². The van der Waals surface area contributed by atoms with Crippen LogP contribution in [0, 0.1) is 12.7 Å². The van der Waals surface area contributed by atoms with Crippen molar-refractivity contribution >= 4 is 5.69 Å². The van der Waals surface area contributed by atoms with Gasteiger partial charge in [-0.1, -0.05) is 5.16 Å². The Hall–Kier alpha value is -2.74. The lowest BCUT2D eigenvalue weighted by Gasteiger charge is -2.29. The maximum atomic E-state index is 14.5. The summed E-state index contributed by atoms with van der Waals surface area (Å²) < 4.78 is 25.0. The summed E-state index contributed by atoms with van der Waals surface area (Å²) in [5.74, 6) is 0.321. The highest BCUT2D eigenvalue weighted by molar-refractivity contribution is 5.62. The third kappa shape index (κ3) is 2.76. The average molecular weight is 329 g/mol. The molecule has 0 amide bonds. The molecular formula is C16H16FN5O2. The SMILES string of the molecule is Cc1cc(-c2nc(-c3ccc(N4CCOCC4)c(F)c3)no2)n[nH]1. The van der Waals surface area contributed by atoms with Gasteiger partial charge in [-0.2, -0.15) is 10.1 Å². The molecule has 0 radical (unpaired) electrons. The summed E-state index contributed by atoms with van der Waals surface area (Å²) in [6.45, 7) is 4.47. The Balaban J connectivity index is 1.60. The van der Waals surface area contributed by atoms with Crippen LogP contribution in [0.3, 0.4) is 0 Å². The van der Waals surface area contributed by atoms with E-state index in [1.165, 1.54) is 6.07 Å². The van der Waals surface area contributed by atoms with Crippen molar-refractivity contribution < 1.29 is 13.7 Å². The highest BCUT2D eigenvalue weighted by atomic mass is 19.1. The lowest BCUT2D eigenvalue weighted by atomic mass is 10.1. The first-order valence-corrected chi connectivity index (χ1v) is 7.69. The van der Waals surface area contributed by atoms with E-state index in [-0.39, 0.29) is 5.82 Å². The molecule has 1 aliphatic heterocycles. The van der Waals surface area contributed by atoms with E-state index in [4.69, 9.17) is 9.26 Å². The highest BCUT2D eigenvalue weighted by Crippen LogP contribution is 2.27. The van der Waals surface area contributed by atoms with Crippen LogP contribution >= 0.6 is 0 Å². The largest absolute Gasteiger partial charge is 0.378 e. The topological polar surface area (TPSA) is 80.1 Å². The number of aromatic amines is 1. The summed E-state index contributed by atoms with van der Waals surface area (Å²) in [6.07, 6.45) is 0. The molecule has 0 aliphatic carbocycles. The quantitative estimate of drug-likeness (QED) is 0.795. The molecule has 4 rings (SSSR count). The number of benzene rings is 1. The van der Waals surface area contributed by atoms with Crippen LogP contribution in [0.5, 0.6) is 0 Å². The number of hydrogen-bond acceptors (Lipinski definition) is 6. The van der Waals surface area contributed by atoms with Crippen LogP contribution in [0.2, 0.25) is 0 Å². The molecule has 1 aliphatic rings. The second-order valence-corrected chi connectivity index (χ2v) is 5.62. The van der Waals surface area contributed by atoms with Crippen LogP contribution < -0.4 is 4.90 Å². The van der Waals surface area contributed by atoms with Gasteiger partial charge >= 0.3 is 0 Å². The van der Waals surface area contributed by atoms with Crippen molar-refractivity contribution in [2.24, 2.45) is 0 Å². The summed E-state index contributed by atoms with van der Waals surface area (Å²) >= 11 is 0. The van der Waals surface area contributed by atoms with Gasteiger partial charge in [-0.15, -0.1) is 0 Å². The number of aromatic nitrogens is 4. The second kappa shape index (κ2) is 6.04. The molecule has 8 heteroatoms. The Bertz CT molecular complexity index is 854. The Morgan fingerprint density at radius 2 is 2.04 bits per heavy atom. The molecule has 2 aromatic heterocycles. The molecule has 1 saturated heterocycles. The monoisotopic (exact) mass is 329 g/mol. The van der Waals surface area contributed by atoms with E-state index in [9.17, 15) is 4.39 Å². The predicted molar refractivity (Wildman–Crippen MR) is 85.0 cm³/mol. The van der Waals surface area contributed by atoms with Crippen molar-refractivity contribution in [3.63, 3.8) is 0 Å². The fourth-order valence-electron chi connectivity index (χ4n) is 2.68. The van der Waals surface area contributed by atoms with E-state index >= 15 is 0 Å². The van der Waals surface area contributed by atoms with E-state index in [0.29, 0.717) is 55.0 Å². The molecule has 0 bridgehead atoms. The Morgan fingerprint density at radius 1 is 1.21 bits per heavy atom. The molecule has 0 saturated carbocycles. The summed E-state index contributed by atoms with van der Waals surface area (Å²) in [6, 6.07) is 6.76. The Labute approximate surface area is 137 Å². The van der Waals surface area contributed by atoms with Crippen LogP contribution in [0.15, 0.2) is 28.8 Å². The zero-order chi connectivity index (χ0) is 16.5. The molecular weight excluding hydrogens is 313 g/mol. The summed E-state index contributed by atoms with van der Waals surface area (Å²) in [7, 11) is 0. The van der Waals surface area contributed by atoms with Crippen LogP contribution in [0.4, 0.5) is 10.1 Å². The molecule has 1 fully saturated rings. The lowest BCUT2D eigenvalue weighted by molar-refractivity contribution is 0.122. The highest BCUT2D eigenvalue weighted by Gasteiger charge is 2.18. The minimum absolute atomic E-state index is 0.298. The second-order valence-electron chi connectivity index (χ2n) is 5.62. The number of hydrogen-bond donors (Lipinski definition) is 1. The first kappa shape index (κ1) is 14.8. The minimum Gasteiger partial charge on any atom is -0.378 e. The van der Waals surface area contributed by atoms with Crippen LogP contribution in [0.25, 0.3) is 23.0 Å². The Morgan fingerprint density at radius 3 is 2.75 bits per heavy atom. The van der Waals surface area contributed by atoms with E-state index in [0.717, 1.165) is 5.69 Å². The molecule has 1 N–H and O–H groups in total. The predicted octanol–water partition coefficient (Wildman–Crippen LogP) is 2.41. The third-order valence-corrected chi connectivity index (χ3v) is 3.91. The Kier molecular flexibility index (Phi) is 3.73. The zero-order valence-electron chi connectivity index (χ0n) is 13.1. The minimum atomic E-state index is -0.309. The molecule has 7 nitrogen and oxygen atoms in total. The normalized spacial score (nSPS) is 15.0. The van der Waals surface area contributed by atoms with Gasteiger partial charge in [0.05, 0.1) is 18.9 Å². The van der Waals surface area contributed by atoms with Crippen LogP contribution in [0.1, 0.15) is 5.69 Å². The molecule has 24 heavy (non-hydrogen) atoms. The number of halogens is 1. The van der Waals surface area contributed by atoms with Crippen molar-refractivity contribution in [3.8, 4) is 23.0 Å². The average Bonchev–Trinajstić information content (AvgIpc) is 3.24. The van der Waals surface area contributed by atoms with Crippen molar-refractivity contribution in [1.82, 2.24) is 20.3 Å². The standard InChI is InChI=1S/C16H16FN5O2/c1-10-8-13(20-19-10)16-18-15(21-24-16)11-2-3-14(12(17)9-11)22-4-6-23-7-5-22/h2-3,8-9H,4-7H2,1H3,(H,19,20).